The first-order chi connectivity index (χ1) is 15.1. The van der Waals surface area contributed by atoms with E-state index in [0.717, 1.165) is 23.3 Å². The number of rotatable bonds is 8. The third-order valence-electron chi connectivity index (χ3n) is 4.93. The molecule has 32 heavy (non-hydrogen) atoms. The topological polar surface area (TPSA) is 131 Å². The van der Waals surface area contributed by atoms with Crippen molar-refractivity contribution in [3.63, 3.8) is 0 Å². The van der Waals surface area contributed by atoms with E-state index in [1.54, 1.807) is 30.3 Å². The highest BCUT2D eigenvalue weighted by atomic mass is 32.2. The number of aromatic nitrogens is 2. The number of hydrogen-bond acceptors (Lipinski definition) is 6. The molecular weight excluding hydrogens is 444 g/mol. The van der Waals surface area contributed by atoms with Crippen molar-refractivity contribution in [3.8, 4) is 0 Å². The van der Waals surface area contributed by atoms with E-state index in [2.05, 4.69) is 9.50 Å². The number of nitrogens with two attached hydrogens (primary N) is 1. The number of benzene rings is 1. The molecule has 1 aliphatic rings. The molecule has 0 saturated heterocycles. The van der Waals surface area contributed by atoms with Gasteiger partial charge in [0.05, 0.1) is 24.8 Å². The van der Waals surface area contributed by atoms with Crippen LogP contribution in [0.1, 0.15) is 18.4 Å². The summed E-state index contributed by atoms with van der Waals surface area (Å²) in [5.41, 5.74) is 7.24. The van der Waals surface area contributed by atoms with Crippen molar-refractivity contribution in [2.75, 3.05) is 13.1 Å². The predicted molar refractivity (Wildman–Crippen MR) is 113 cm³/mol. The number of halogens is 2. The Balaban J connectivity index is 1.72. The Morgan fingerprint density at radius 1 is 1.31 bits per heavy atom. The highest BCUT2D eigenvalue weighted by molar-refractivity contribution is 7.90. The monoisotopic (exact) mass is 467 g/mol. The maximum atomic E-state index is 13.0. The molecule has 1 aromatic heterocycles. The minimum atomic E-state index is -4.19. The minimum Gasteiger partial charge on any atom is -0.400 e. The lowest BCUT2D eigenvalue weighted by Gasteiger charge is -2.25. The van der Waals surface area contributed by atoms with E-state index in [4.69, 9.17) is 5.73 Å². The van der Waals surface area contributed by atoms with Gasteiger partial charge >= 0.3 is 0 Å². The number of aliphatic hydroxyl groups excluding tert-OH is 1. The van der Waals surface area contributed by atoms with Crippen molar-refractivity contribution < 1.29 is 27.1 Å². The van der Waals surface area contributed by atoms with Crippen LogP contribution in [0.4, 0.5) is 8.78 Å². The van der Waals surface area contributed by atoms with Crippen molar-refractivity contribution >= 4 is 22.1 Å². The van der Waals surface area contributed by atoms with Crippen LogP contribution in [0.2, 0.25) is 0 Å². The number of hydrogen-bond donors (Lipinski definition) is 2. The largest absolute Gasteiger partial charge is 0.400 e. The van der Waals surface area contributed by atoms with E-state index in [1.165, 1.54) is 11.8 Å². The summed E-state index contributed by atoms with van der Waals surface area (Å²) in [6.45, 7) is 0.860. The molecule has 12 heteroatoms. The van der Waals surface area contributed by atoms with E-state index in [9.17, 15) is 27.1 Å². The quantitative estimate of drug-likeness (QED) is 0.560. The standard InChI is InChI=1S/C20H23F2N5O4S/c1-13(28)19(14-5-3-2-4-6-14)20(29)26-9-15(17(23)11-26)7-25-32(30,31)16-8-24-27(10-16)12-18(21)22/h2-8,10,13,18-19,28H,9,11-12,23H2,1H3/b25-7+/t13-,19+/m0/s1. The molecule has 0 radical (unpaired) electrons. The highest BCUT2D eigenvalue weighted by Gasteiger charge is 2.33. The molecule has 0 saturated carbocycles. The summed E-state index contributed by atoms with van der Waals surface area (Å²) in [6, 6.07) is 8.81. The molecule has 2 aromatic rings. The minimum absolute atomic E-state index is 0.0182. The summed E-state index contributed by atoms with van der Waals surface area (Å²) in [6.07, 6.45) is -0.683. The summed E-state index contributed by atoms with van der Waals surface area (Å²) in [5, 5.41) is 13.8. The van der Waals surface area contributed by atoms with Crippen molar-refractivity contribution in [1.82, 2.24) is 14.7 Å². The number of alkyl halides is 2. The van der Waals surface area contributed by atoms with Crippen molar-refractivity contribution in [2.24, 2.45) is 10.1 Å². The van der Waals surface area contributed by atoms with Gasteiger partial charge in [-0.3, -0.25) is 9.48 Å². The molecule has 3 N–H and O–H groups in total. The van der Waals surface area contributed by atoms with Gasteiger partial charge in [0.1, 0.15) is 11.4 Å². The summed E-state index contributed by atoms with van der Waals surface area (Å²) >= 11 is 0. The fourth-order valence-corrected chi connectivity index (χ4v) is 4.17. The van der Waals surface area contributed by atoms with E-state index in [-0.39, 0.29) is 29.6 Å². The highest BCUT2D eigenvalue weighted by Crippen LogP contribution is 2.25. The lowest BCUT2D eigenvalue weighted by molar-refractivity contribution is -0.133. The van der Waals surface area contributed by atoms with Crippen LogP contribution < -0.4 is 5.73 Å². The molecule has 0 bridgehead atoms. The Kier molecular flexibility index (Phi) is 7.04. The molecule has 0 unspecified atom stereocenters. The van der Waals surface area contributed by atoms with Gasteiger partial charge in [0, 0.05) is 30.2 Å². The number of sulfonamides is 1. The van der Waals surface area contributed by atoms with Crippen LogP contribution in [-0.4, -0.2) is 65.9 Å². The van der Waals surface area contributed by atoms with Gasteiger partial charge in [-0.15, -0.1) is 0 Å². The van der Waals surface area contributed by atoms with Crippen molar-refractivity contribution in [1.29, 1.82) is 0 Å². The molecule has 1 aromatic carbocycles. The Hall–Kier alpha value is -3.12. The second kappa shape index (κ2) is 9.57. The molecule has 9 nitrogen and oxygen atoms in total. The predicted octanol–water partition coefficient (Wildman–Crippen LogP) is 1.13. The summed E-state index contributed by atoms with van der Waals surface area (Å²) < 4.78 is 54.0. The van der Waals surface area contributed by atoms with Crippen LogP contribution in [0.3, 0.4) is 0 Å². The molecule has 0 fully saturated rings. The fraction of sp³-hybridized carbons (Fsp3) is 0.350. The first-order valence-corrected chi connectivity index (χ1v) is 11.1. The Bertz CT molecular complexity index is 1130. The van der Waals surface area contributed by atoms with Gasteiger partial charge in [-0.1, -0.05) is 30.3 Å². The summed E-state index contributed by atoms with van der Waals surface area (Å²) in [7, 11) is -4.19. The molecule has 0 aliphatic carbocycles. The molecule has 1 amide bonds. The Labute approximate surface area is 183 Å². The fourth-order valence-electron chi connectivity index (χ4n) is 3.35. The zero-order valence-corrected chi connectivity index (χ0v) is 18.0. The third-order valence-corrected chi connectivity index (χ3v) is 6.12. The number of carbonyl (C=O) groups is 1. The smallest absolute Gasteiger partial charge is 0.285 e. The molecule has 2 atom stereocenters. The number of nitrogens with zero attached hydrogens (tertiary/aromatic N) is 4. The van der Waals surface area contributed by atoms with Gasteiger partial charge in [-0.25, -0.2) is 8.78 Å². The lowest BCUT2D eigenvalue weighted by atomic mass is 9.93. The van der Waals surface area contributed by atoms with Gasteiger partial charge in [0.25, 0.3) is 16.4 Å². The molecule has 0 spiro atoms. The third kappa shape index (κ3) is 5.37. The van der Waals surface area contributed by atoms with Crippen LogP contribution in [0, 0.1) is 0 Å². The average molecular weight is 467 g/mol. The van der Waals surface area contributed by atoms with Gasteiger partial charge in [0.2, 0.25) is 5.91 Å². The van der Waals surface area contributed by atoms with Crippen LogP contribution in [0.5, 0.6) is 0 Å². The van der Waals surface area contributed by atoms with Gasteiger partial charge in [0.15, 0.2) is 0 Å². The Morgan fingerprint density at radius 2 is 2.00 bits per heavy atom. The zero-order valence-electron chi connectivity index (χ0n) is 17.2. The van der Waals surface area contributed by atoms with Gasteiger partial charge < -0.3 is 15.7 Å². The summed E-state index contributed by atoms with van der Waals surface area (Å²) in [4.78, 5) is 14.1. The summed E-state index contributed by atoms with van der Waals surface area (Å²) in [5.74, 6) is -1.15. The molecule has 2 heterocycles. The van der Waals surface area contributed by atoms with E-state index in [1.807, 2.05) is 0 Å². The second-order valence-corrected chi connectivity index (χ2v) is 9.00. The maximum Gasteiger partial charge on any atom is 0.285 e. The van der Waals surface area contributed by atoms with Gasteiger partial charge in [-0.2, -0.15) is 17.9 Å². The van der Waals surface area contributed by atoms with E-state index in [0.29, 0.717) is 11.1 Å². The van der Waals surface area contributed by atoms with Crippen LogP contribution >= 0.6 is 0 Å². The van der Waals surface area contributed by atoms with Crippen LogP contribution in [0.25, 0.3) is 0 Å². The lowest BCUT2D eigenvalue weighted by Crippen LogP contribution is -2.38. The van der Waals surface area contributed by atoms with Crippen LogP contribution in [0.15, 0.2) is 63.3 Å². The van der Waals surface area contributed by atoms with E-state index >= 15 is 0 Å². The first kappa shape index (κ1) is 23.5. The van der Waals surface area contributed by atoms with Crippen LogP contribution in [-0.2, 0) is 21.4 Å². The van der Waals surface area contributed by atoms with Gasteiger partial charge in [-0.05, 0) is 12.5 Å². The van der Waals surface area contributed by atoms with E-state index < -0.39 is 35.0 Å². The molecule has 1 aliphatic heterocycles. The first-order valence-electron chi connectivity index (χ1n) is 9.68. The normalized spacial score (nSPS) is 16.8. The van der Waals surface area contributed by atoms with Crippen molar-refractivity contribution in [2.45, 2.75) is 36.8 Å². The number of aliphatic hydroxyl groups is 1. The zero-order chi connectivity index (χ0) is 23.5. The molecular formula is C20H23F2N5O4S. The van der Waals surface area contributed by atoms with Crippen molar-refractivity contribution in [3.05, 3.63) is 59.6 Å². The SMILES string of the molecule is C[C@H](O)[C@@H](C(=O)N1CC(N)=C(/C=N/S(=O)(=O)c2cnn(CC(F)F)c2)C1)c1ccccc1. The second-order valence-electron chi connectivity index (χ2n) is 7.37. The number of amides is 1. The Morgan fingerprint density at radius 3 is 2.62 bits per heavy atom. The average Bonchev–Trinajstić information content (AvgIpc) is 3.34. The maximum absolute atomic E-state index is 13.0. The number of carbonyl (C=O) groups excluding carboxylic acids is 1. The molecule has 3 rings (SSSR count). The molecule has 172 valence electrons.